The van der Waals surface area contributed by atoms with E-state index in [2.05, 4.69) is 10.1 Å². The molecule has 0 aromatic heterocycles. The van der Waals surface area contributed by atoms with Crippen molar-refractivity contribution in [1.82, 2.24) is 10.2 Å². The summed E-state index contributed by atoms with van der Waals surface area (Å²) in [7, 11) is 1.35. The van der Waals surface area contributed by atoms with Gasteiger partial charge < -0.3 is 19.7 Å². The summed E-state index contributed by atoms with van der Waals surface area (Å²) in [5.74, 6) is -0.305. The van der Waals surface area contributed by atoms with Crippen LogP contribution in [0.5, 0.6) is 0 Å². The molecular weight excluding hydrogens is 224 g/mol. The Balaban J connectivity index is 2.18. The van der Waals surface area contributed by atoms with Crippen LogP contribution in [0.4, 0.5) is 4.79 Å². The van der Waals surface area contributed by atoms with Gasteiger partial charge in [0.05, 0.1) is 13.7 Å². The Hall–Kier alpha value is -1.30. The van der Waals surface area contributed by atoms with Crippen molar-refractivity contribution >= 4 is 12.1 Å². The highest BCUT2D eigenvalue weighted by Crippen LogP contribution is 2.14. The molecule has 0 aromatic rings. The van der Waals surface area contributed by atoms with E-state index in [9.17, 15) is 9.59 Å². The fourth-order valence-corrected chi connectivity index (χ4v) is 1.38. The maximum absolute atomic E-state index is 11.6. The Bertz CT molecular complexity index is 292. The largest absolute Gasteiger partial charge is 0.468 e. The van der Waals surface area contributed by atoms with Gasteiger partial charge in [-0.05, 0) is 20.8 Å². The van der Waals surface area contributed by atoms with Gasteiger partial charge >= 0.3 is 12.1 Å². The quantitative estimate of drug-likeness (QED) is 0.726. The van der Waals surface area contributed by atoms with Crippen LogP contribution in [0.15, 0.2) is 0 Å². The van der Waals surface area contributed by atoms with E-state index >= 15 is 0 Å². The van der Waals surface area contributed by atoms with Crippen LogP contribution < -0.4 is 5.32 Å². The molecule has 1 amide bonds. The zero-order chi connectivity index (χ0) is 13.1. The molecule has 6 nitrogen and oxygen atoms in total. The van der Waals surface area contributed by atoms with Crippen LogP contribution in [0.3, 0.4) is 0 Å². The molecule has 1 N–H and O–H groups in total. The molecule has 98 valence electrons. The van der Waals surface area contributed by atoms with Gasteiger partial charge in [0.1, 0.15) is 5.60 Å². The highest BCUT2D eigenvalue weighted by molar-refractivity contribution is 5.72. The molecule has 0 atom stereocenters. The molecule has 1 aliphatic rings. The molecule has 0 unspecified atom stereocenters. The SMILES string of the molecule is COC(=O)CNC1CN(C(=O)OC(C)(C)C)C1. The third-order valence-corrected chi connectivity index (χ3v) is 2.30. The number of nitrogens with zero attached hydrogens (tertiary/aromatic N) is 1. The lowest BCUT2D eigenvalue weighted by molar-refractivity contribution is -0.139. The van der Waals surface area contributed by atoms with Crippen molar-refractivity contribution in [2.75, 3.05) is 26.7 Å². The number of methoxy groups -OCH3 is 1. The number of rotatable bonds is 3. The summed E-state index contributed by atoms with van der Waals surface area (Å²) >= 11 is 0. The van der Waals surface area contributed by atoms with Crippen molar-refractivity contribution in [1.29, 1.82) is 0 Å². The molecular formula is C11H20N2O4. The lowest BCUT2D eigenvalue weighted by Crippen LogP contribution is -2.61. The number of esters is 1. The maximum atomic E-state index is 11.6. The number of likely N-dealkylation sites (tertiary alicyclic amines) is 1. The van der Waals surface area contributed by atoms with Crippen LogP contribution in [0.25, 0.3) is 0 Å². The first-order valence-electron chi connectivity index (χ1n) is 5.60. The Kier molecular flexibility index (Phi) is 4.34. The minimum atomic E-state index is -0.471. The number of amides is 1. The molecule has 1 fully saturated rings. The van der Waals surface area contributed by atoms with Gasteiger partial charge in [0.2, 0.25) is 0 Å². The van der Waals surface area contributed by atoms with Crippen LogP contribution >= 0.6 is 0 Å². The minimum Gasteiger partial charge on any atom is -0.468 e. The summed E-state index contributed by atoms with van der Waals surface area (Å²) in [6.45, 7) is 6.79. The predicted molar refractivity (Wildman–Crippen MR) is 61.6 cm³/mol. The molecule has 1 saturated heterocycles. The number of carbonyl (C=O) groups is 2. The van der Waals surface area contributed by atoms with E-state index in [1.807, 2.05) is 20.8 Å². The van der Waals surface area contributed by atoms with Crippen molar-refractivity contribution in [2.24, 2.45) is 0 Å². The van der Waals surface area contributed by atoms with Crippen LogP contribution in [-0.4, -0.2) is 55.3 Å². The van der Waals surface area contributed by atoms with E-state index in [0.29, 0.717) is 13.1 Å². The van der Waals surface area contributed by atoms with E-state index in [0.717, 1.165) is 0 Å². The van der Waals surface area contributed by atoms with Crippen molar-refractivity contribution in [3.8, 4) is 0 Å². The van der Waals surface area contributed by atoms with Crippen LogP contribution in [0.2, 0.25) is 0 Å². The normalized spacial score (nSPS) is 16.4. The number of ether oxygens (including phenoxy) is 2. The Morgan fingerprint density at radius 3 is 2.41 bits per heavy atom. The molecule has 0 aliphatic carbocycles. The van der Waals surface area contributed by atoms with E-state index in [1.54, 1.807) is 4.90 Å². The lowest BCUT2D eigenvalue weighted by atomic mass is 10.1. The van der Waals surface area contributed by atoms with Gasteiger partial charge in [-0.1, -0.05) is 0 Å². The van der Waals surface area contributed by atoms with Gasteiger partial charge in [-0.15, -0.1) is 0 Å². The average molecular weight is 244 g/mol. The highest BCUT2D eigenvalue weighted by Gasteiger charge is 2.33. The number of nitrogens with one attached hydrogen (secondary N) is 1. The van der Waals surface area contributed by atoms with E-state index < -0.39 is 5.60 Å². The number of hydrogen-bond donors (Lipinski definition) is 1. The van der Waals surface area contributed by atoms with Crippen molar-refractivity contribution < 1.29 is 19.1 Å². The molecule has 0 aromatic carbocycles. The second kappa shape index (κ2) is 5.35. The Labute approximate surface area is 101 Å². The van der Waals surface area contributed by atoms with Gasteiger partial charge in [-0.2, -0.15) is 0 Å². The lowest BCUT2D eigenvalue weighted by Gasteiger charge is -2.39. The summed E-state index contributed by atoms with van der Waals surface area (Å²) in [5.41, 5.74) is -0.471. The topological polar surface area (TPSA) is 67.9 Å². The van der Waals surface area contributed by atoms with E-state index in [-0.39, 0.29) is 24.6 Å². The number of carbonyl (C=O) groups excluding carboxylic acids is 2. The predicted octanol–water partition coefficient (Wildman–Crippen LogP) is 0.368. The molecule has 1 rings (SSSR count). The van der Waals surface area contributed by atoms with Crippen LogP contribution in [-0.2, 0) is 14.3 Å². The summed E-state index contributed by atoms with van der Waals surface area (Å²) in [5, 5.41) is 2.99. The van der Waals surface area contributed by atoms with Crippen molar-refractivity contribution in [2.45, 2.75) is 32.4 Å². The standard InChI is InChI=1S/C11H20N2O4/c1-11(2,3)17-10(15)13-6-8(7-13)12-5-9(14)16-4/h8,12H,5-7H2,1-4H3. The smallest absolute Gasteiger partial charge is 0.410 e. The fraction of sp³-hybridized carbons (Fsp3) is 0.818. The summed E-state index contributed by atoms with van der Waals surface area (Å²) in [6.07, 6.45) is -0.311. The van der Waals surface area contributed by atoms with E-state index in [1.165, 1.54) is 7.11 Å². The molecule has 6 heteroatoms. The first-order valence-corrected chi connectivity index (χ1v) is 5.60. The van der Waals surface area contributed by atoms with Gasteiger partial charge in [-0.3, -0.25) is 4.79 Å². The first-order chi connectivity index (χ1) is 7.81. The van der Waals surface area contributed by atoms with Crippen molar-refractivity contribution in [3.63, 3.8) is 0 Å². The zero-order valence-electron chi connectivity index (χ0n) is 10.8. The molecule has 0 radical (unpaired) electrons. The number of hydrogen-bond acceptors (Lipinski definition) is 5. The molecule has 17 heavy (non-hydrogen) atoms. The fourth-order valence-electron chi connectivity index (χ4n) is 1.38. The monoisotopic (exact) mass is 244 g/mol. The van der Waals surface area contributed by atoms with E-state index in [4.69, 9.17) is 4.74 Å². The molecule has 0 spiro atoms. The maximum Gasteiger partial charge on any atom is 0.410 e. The first kappa shape index (κ1) is 13.8. The summed E-state index contributed by atoms with van der Waals surface area (Å²) < 4.78 is 9.71. The third kappa shape index (κ3) is 4.60. The van der Waals surface area contributed by atoms with Gasteiger partial charge in [0.25, 0.3) is 0 Å². The second-order valence-corrected chi connectivity index (χ2v) is 5.04. The van der Waals surface area contributed by atoms with Crippen LogP contribution in [0.1, 0.15) is 20.8 Å². The minimum absolute atomic E-state index is 0.140. The molecule has 0 saturated carbocycles. The van der Waals surface area contributed by atoms with Gasteiger partial charge in [-0.25, -0.2) is 4.79 Å². The highest BCUT2D eigenvalue weighted by atomic mass is 16.6. The second-order valence-electron chi connectivity index (χ2n) is 5.04. The molecule has 1 aliphatic heterocycles. The zero-order valence-corrected chi connectivity index (χ0v) is 10.8. The third-order valence-electron chi connectivity index (χ3n) is 2.30. The Morgan fingerprint density at radius 2 is 1.94 bits per heavy atom. The molecule has 1 heterocycles. The molecule has 0 bridgehead atoms. The van der Waals surface area contributed by atoms with Gasteiger partial charge in [0.15, 0.2) is 0 Å². The average Bonchev–Trinajstić information content (AvgIpc) is 2.11. The van der Waals surface area contributed by atoms with Gasteiger partial charge in [0, 0.05) is 19.1 Å². The van der Waals surface area contributed by atoms with Crippen LogP contribution in [0, 0.1) is 0 Å². The summed E-state index contributed by atoms with van der Waals surface area (Å²) in [4.78, 5) is 24.0. The Morgan fingerprint density at radius 1 is 1.35 bits per heavy atom. The summed E-state index contributed by atoms with van der Waals surface area (Å²) in [6, 6.07) is 0.140. The van der Waals surface area contributed by atoms with Crippen molar-refractivity contribution in [3.05, 3.63) is 0 Å².